The van der Waals surface area contributed by atoms with E-state index in [1.165, 1.54) is 10.8 Å². The zero-order chi connectivity index (χ0) is 29.7. The molecule has 0 saturated carbocycles. The normalized spacial score (nSPS) is 11.6. The van der Waals surface area contributed by atoms with Crippen LogP contribution in [0.5, 0.6) is 0 Å². The molecule has 0 aliphatic rings. The molecule has 4 heteroatoms. The Morgan fingerprint density at radius 3 is 1.56 bits per heavy atom. The Morgan fingerprint density at radius 1 is 0.333 bits per heavy atom. The predicted octanol–water partition coefficient (Wildman–Crippen LogP) is 10.7. The number of hydrogen-bond donors (Lipinski definition) is 0. The van der Waals surface area contributed by atoms with Crippen molar-refractivity contribution in [3.63, 3.8) is 0 Å². The molecule has 9 aromatic rings. The Balaban J connectivity index is 1.34. The van der Waals surface area contributed by atoms with Gasteiger partial charge in [0.2, 0.25) is 0 Å². The van der Waals surface area contributed by atoms with Crippen LogP contribution in [0.4, 0.5) is 0 Å². The number of hydrogen-bond acceptors (Lipinski definition) is 4. The van der Waals surface area contributed by atoms with Crippen LogP contribution in [0, 0.1) is 0 Å². The summed E-state index contributed by atoms with van der Waals surface area (Å²) in [6.45, 7) is 0. The van der Waals surface area contributed by atoms with Gasteiger partial charge in [-0.25, -0.2) is 15.0 Å². The van der Waals surface area contributed by atoms with Crippen LogP contribution in [0.2, 0.25) is 0 Å². The van der Waals surface area contributed by atoms with Crippen molar-refractivity contribution in [2.24, 2.45) is 0 Å². The third-order valence-electron chi connectivity index (χ3n) is 8.49. The quantitative estimate of drug-likeness (QED) is 0.209. The van der Waals surface area contributed by atoms with E-state index in [2.05, 4.69) is 127 Å². The summed E-state index contributed by atoms with van der Waals surface area (Å²) < 4.78 is 6.32. The third kappa shape index (κ3) is 4.43. The minimum Gasteiger partial charge on any atom is -0.456 e. The van der Waals surface area contributed by atoms with Gasteiger partial charge in [-0.2, -0.15) is 0 Å². The van der Waals surface area contributed by atoms with Crippen LogP contribution in [-0.2, 0) is 0 Å². The highest BCUT2D eigenvalue weighted by Gasteiger charge is 2.19. The summed E-state index contributed by atoms with van der Waals surface area (Å²) in [5.41, 5.74) is 6.56. The molecule has 0 unspecified atom stereocenters. The van der Waals surface area contributed by atoms with Crippen molar-refractivity contribution in [1.82, 2.24) is 15.0 Å². The van der Waals surface area contributed by atoms with Crippen molar-refractivity contribution in [1.29, 1.82) is 0 Å². The van der Waals surface area contributed by atoms with Crippen LogP contribution in [0.1, 0.15) is 0 Å². The van der Waals surface area contributed by atoms with Crippen LogP contribution in [0.15, 0.2) is 156 Å². The van der Waals surface area contributed by atoms with E-state index < -0.39 is 0 Å². The van der Waals surface area contributed by atoms with Gasteiger partial charge in [-0.1, -0.05) is 121 Å². The largest absolute Gasteiger partial charge is 0.456 e. The summed E-state index contributed by atoms with van der Waals surface area (Å²) in [7, 11) is 0. The van der Waals surface area contributed by atoms with E-state index >= 15 is 0 Å². The van der Waals surface area contributed by atoms with E-state index in [0.29, 0.717) is 17.5 Å². The molecule has 0 fully saturated rings. The van der Waals surface area contributed by atoms with E-state index in [4.69, 9.17) is 19.4 Å². The molecule has 0 aliphatic heterocycles. The van der Waals surface area contributed by atoms with Crippen LogP contribution in [0.25, 0.3) is 88.8 Å². The summed E-state index contributed by atoms with van der Waals surface area (Å²) in [6.07, 6.45) is 0. The first-order valence-electron chi connectivity index (χ1n) is 15.0. The van der Waals surface area contributed by atoms with Crippen LogP contribution in [0.3, 0.4) is 0 Å². The summed E-state index contributed by atoms with van der Waals surface area (Å²) in [5.74, 6) is 1.87. The Kier molecular flexibility index (Phi) is 5.78. The predicted molar refractivity (Wildman–Crippen MR) is 184 cm³/mol. The number of para-hydroxylation sites is 1. The fourth-order valence-electron chi connectivity index (χ4n) is 6.22. The summed E-state index contributed by atoms with van der Waals surface area (Å²) in [6, 6.07) is 52.3. The number of fused-ring (bicyclic) bond motifs is 5. The van der Waals surface area contributed by atoms with Gasteiger partial charge in [0.25, 0.3) is 0 Å². The van der Waals surface area contributed by atoms with Gasteiger partial charge >= 0.3 is 0 Å². The van der Waals surface area contributed by atoms with Crippen LogP contribution in [-0.4, -0.2) is 15.0 Å². The maximum absolute atomic E-state index is 6.32. The molecule has 45 heavy (non-hydrogen) atoms. The lowest BCUT2D eigenvalue weighted by Crippen LogP contribution is -2.01. The number of furan rings is 1. The molecule has 0 spiro atoms. The second-order valence-corrected chi connectivity index (χ2v) is 11.3. The van der Waals surface area contributed by atoms with Gasteiger partial charge in [-0.05, 0) is 63.0 Å². The van der Waals surface area contributed by atoms with Gasteiger partial charge < -0.3 is 4.42 Å². The van der Waals surface area contributed by atoms with Gasteiger partial charge in [-0.15, -0.1) is 0 Å². The van der Waals surface area contributed by atoms with Gasteiger partial charge in [0, 0.05) is 27.5 Å². The zero-order valence-electron chi connectivity index (χ0n) is 24.2. The Bertz CT molecular complexity index is 2450. The molecule has 0 bridgehead atoms. The molecule has 0 saturated heterocycles. The van der Waals surface area contributed by atoms with Crippen molar-refractivity contribution in [2.45, 2.75) is 0 Å². The molecule has 4 nitrogen and oxygen atoms in total. The fourth-order valence-corrected chi connectivity index (χ4v) is 6.22. The highest BCUT2D eigenvalue weighted by atomic mass is 16.3. The molecule has 0 aliphatic carbocycles. The van der Waals surface area contributed by atoms with Gasteiger partial charge in [-0.3, -0.25) is 0 Å². The van der Waals surface area contributed by atoms with E-state index in [9.17, 15) is 0 Å². The average Bonchev–Trinajstić information content (AvgIpc) is 3.48. The van der Waals surface area contributed by atoms with E-state index in [1.807, 2.05) is 24.3 Å². The third-order valence-corrected chi connectivity index (χ3v) is 8.49. The first kappa shape index (κ1) is 25.4. The highest BCUT2D eigenvalue weighted by molar-refractivity contribution is 6.08. The fraction of sp³-hybridized carbons (Fsp3) is 0. The Hall–Kier alpha value is -6.13. The Labute approximate surface area is 259 Å². The molecule has 0 atom stereocenters. The van der Waals surface area contributed by atoms with Gasteiger partial charge in [0.05, 0.1) is 0 Å². The number of benzene rings is 7. The number of nitrogens with zero attached hydrogens (tertiary/aromatic N) is 3. The smallest absolute Gasteiger partial charge is 0.164 e. The van der Waals surface area contributed by atoms with Crippen molar-refractivity contribution >= 4 is 43.5 Å². The molecule has 7 aromatic carbocycles. The Morgan fingerprint density at radius 2 is 0.889 bits per heavy atom. The molecule has 0 N–H and O–H groups in total. The summed E-state index contributed by atoms with van der Waals surface area (Å²) >= 11 is 0. The second-order valence-electron chi connectivity index (χ2n) is 11.3. The SMILES string of the molecule is c1ccc(-c2cc3oc4ccccc4c3cc2-c2nc(-c3ccc4ccccc4c3)nc(-c3ccc4ccccc4c3)n2)cc1. The maximum atomic E-state index is 6.32. The van der Waals surface area contributed by atoms with Crippen molar-refractivity contribution < 1.29 is 4.42 Å². The highest BCUT2D eigenvalue weighted by Crippen LogP contribution is 2.39. The molecular weight excluding hydrogens is 550 g/mol. The first-order valence-corrected chi connectivity index (χ1v) is 15.0. The first-order chi connectivity index (χ1) is 22.3. The molecule has 2 aromatic heterocycles. The molecule has 2 heterocycles. The van der Waals surface area contributed by atoms with Crippen LogP contribution < -0.4 is 0 Å². The lowest BCUT2D eigenvalue weighted by atomic mass is 9.96. The summed E-state index contributed by atoms with van der Waals surface area (Å²) in [5, 5.41) is 6.72. The van der Waals surface area contributed by atoms with Crippen LogP contribution >= 0.6 is 0 Å². The van der Waals surface area contributed by atoms with Gasteiger partial charge in [0.1, 0.15) is 11.2 Å². The average molecular weight is 576 g/mol. The van der Waals surface area contributed by atoms with Crippen molar-refractivity contribution in [2.75, 3.05) is 0 Å². The molecule has 9 rings (SSSR count). The monoisotopic (exact) mass is 575 g/mol. The minimum atomic E-state index is 0.613. The lowest BCUT2D eigenvalue weighted by molar-refractivity contribution is 0.669. The number of rotatable bonds is 4. The minimum absolute atomic E-state index is 0.613. The topological polar surface area (TPSA) is 51.8 Å². The molecule has 0 radical (unpaired) electrons. The van der Waals surface area contributed by atoms with Crippen molar-refractivity contribution in [3.8, 4) is 45.3 Å². The summed E-state index contributed by atoms with van der Waals surface area (Å²) in [4.78, 5) is 15.4. The second kappa shape index (κ2) is 10.2. The standard InChI is InChI=1S/C41H25N3O/c1-2-12-28(13-3-1)34-25-38-35(33-16-8-9-17-37(33)45-38)24-36(34)41-43-39(31-20-18-26-10-4-6-14-29(26)22-31)42-40(44-41)32-21-19-27-11-5-7-15-30(27)23-32/h1-25H. The maximum Gasteiger partial charge on any atom is 0.164 e. The molecular formula is C41H25N3O. The van der Waals surface area contributed by atoms with E-state index in [-0.39, 0.29) is 0 Å². The van der Waals surface area contributed by atoms with Crippen molar-refractivity contribution in [3.05, 3.63) is 152 Å². The van der Waals surface area contributed by atoms with E-state index in [0.717, 1.165) is 60.5 Å². The zero-order valence-corrected chi connectivity index (χ0v) is 24.2. The molecule has 210 valence electrons. The number of aromatic nitrogens is 3. The molecule has 0 amide bonds. The van der Waals surface area contributed by atoms with E-state index in [1.54, 1.807) is 0 Å². The lowest BCUT2D eigenvalue weighted by Gasteiger charge is -2.13. The van der Waals surface area contributed by atoms with Gasteiger partial charge in [0.15, 0.2) is 17.5 Å².